The molecule has 0 aliphatic heterocycles. The Hall–Kier alpha value is -3.00. The average Bonchev–Trinajstić information content (AvgIpc) is 2.69. The third-order valence-electron chi connectivity index (χ3n) is 4.87. The Bertz CT molecular complexity index is 1010. The fraction of sp³-hybridized carbons (Fsp3) is 0.316. The zero-order chi connectivity index (χ0) is 19.5. The quantitative estimate of drug-likeness (QED) is 0.593. The highest BCUT2D eigenvalue weighted by Crippen LogP contribution is 2.27. The minimum absolute atomic E-state index is 0.155. The van der Waals surface area contributed by atoms with E-state index in [2.05, 4.69) is 30.6 Å². The predicted octanol–water partition coefficient (Wildman–Crippen LogP) is 3.87. The van der Waals surface area contributed by atoms with Gasteiger partial charge in [-0.25, -0.2) is 19.9 Å². The molecule has 0 spiro atoms. The van der Waals surface area contributed by atoms with E-state index in [-0.39, 0.29) is 12.0 Å². The molecule has 9 heteroatoms. The minimum atomic E-state index is -0.714. The van der Waals surface area contributed by atoms with Crippen LogP contribution >= 0.6 is 11.6 Å². The zero-order valence-corrected chi connectivity index (χ0v) is 15.7. The van der Waals surface area contributed by atoms with Crippen molar-refractivity contribution in [3.05, 3.63) is 41.8 Å². The summed E-state index contributed by atoms with van der Waals surface area (Å²) in [6.07, 6.45) is 5.97. The van der Waals surface area contributed by atoms with Crippen molar-refractivity contribution in [1.29, 1.82) is 0 Å². The summed E-state index contributed by atoms with van der Waals surface area (Å²) in [6.45, 7) is 0. The van der Waals surface area contributed by atoms with Crippen molar-refractivity contribution in [3.63, 3.8) is 0 Å². The van der Waals surface area contributed by atoms with Crippen molar-refractivity contribution in [1.82, 2.24) is 19.9 Å². The van der Waals surface area contributed by atoms with E-state index in [0.717, 1.165) is 18.5 Å². The van der Waals surface area contributed by atoms with E-state index < -0.39 is 5.97 Å². The Labute approximate surface area is 166 Å². The summed E-state index contributed by atoms with van der Waals surface area (Å²) >= 11 is 6.05. The fourth-order valence-electron chi connectivity index (χ4n) is 3.39. The van der Waals surface area contributed by atoms with Crippen molar-refractivity contribution in [2.45, 2.75) is 31.7 Å². The van der Waals surface area contributed by atoms with Crippen LogP contribution in [0, 0.1) is 5.92 Å². The number of rotatable bonds is 5. The second kappa shape index (κ2) is 7.93. The first-order valence-corrected chi connectivity index (χ1v) is 9.46. The van der Waals surface area contributed by atoms with Crippen molar-refractivity contribution < 1.29 is 9.90 Å². The number of nitrogens with zero attached hydrogens (tertiary/aromatic N) is 4. The van der Waals surface area contributed by atoms with Gasteiger partial charge in [-0.2, -0.15) is 0 Å². The monoisotopic (exact) mass is 398 g/mol. The molecule has 0 unspecified atom stereocenters. The molecule has 28 heavy (non-hydrogen) atoms. The lowest BCUT2D eigenvalue weighted by Crippen LogP contribution is -2.29. The first kappa shape index (κ1) is 18.4. The molecule has 0 radical (unpaired) electrons. The van der Waals surface area contributed by atoms with Crippen LogP contribution in [-0.2, 0) is 4.79 Å². The summed E-state index contributed by atoms with van der Waals surface area (Å²) in [5.41, 5.74) is 2.02. The molecular formula is C19H19ClN6O2. The van der Waals surface area contributed by atoms with E-state index in [4.69, 9.17) is 16.7 Å². The Morgan fingerprint density at radius 3 is 2.71 bits per heavy atom. The van der Waals surface area contributed by atoms with E-state index in [0.29, 0.717) is 40.7 Å². The molecule has 0 amide bonds. The molecule has 0 saturated heterocycles. The van der Waals surface area contributed by atoms with Gasteiger partial charge in [-0.05, 0) is 43.9 Å². The number of hydrogen-bond acceptors (Lipinski definition) is 7. The SMILES string of the molecule is O=C(O)[C@H]1CC[C@H](Nc2ncc3ncnc(Nc4cccc(Cl)c4)c3n2)CC1. The summed E-state index contributed by atoms with van der Waals surface area (Å²) < 4.78 is 0. The maximum Gasteiger partial charge on any atom is 0.306 e. The van der Waals surface area contributed by atoms with Crippen LogP contribution < -0.4 is 10.6 Å². The smallest absolute Gasteiger partial charge is 0.306 e. The largest absolute Gasteiger partial charge is 0.481 e. The molecular weight excluding hydrogens is 380 g/mol. The number of carbonyl (C=O) groups is 1. The standard InChI is InChI=1S/C19H19ClN6O2/c20-12-2-1-3-14(8-12)24-17-16-15(22-10-23-17)9-21-19(26-16)25-13-6-4-11(5-7-13)18(27)28/h1-3,8-11,13H,4-7H2,(H,27,28)(H,21,25,26)(H,22,23,24)/t11-,13-. The first-order valence-electron chi connectivity index (χ1n) is 9.08. The van der Waals surface area contributed by atoms with Crippen LogP contribution in [0.15, 0.2) is 36.8 Å². The van der Waals surface area contributed by atoms with Gasteiger partial charge in [0.2, 0.25) is 5.95 Å². The van der Waals surface area contributed by atoms with Crippen molar-refractivity contribution >= 4 is 46.1 Å². The lowest BCUT2D eigenvalue weighted by atomic mass is 9.86. The fourth-order valence-corrected chi connectivity index (χ4v) is 3.58. The molecule has 3 N–H and O–H groups in total. The van der Waals surface area contributed by atoms with Gasteiger partial charge in [0.25, 0.3) is 0 Å². The second-order valence-corrected chi connectivity index (χ2v) is 7.25. The van der Waals surface area contributed by atoms with Crippen LogP contribution in [0.25, 0.3) is 11.0 Å². The molecule has 1 aromatic carbocycles. The van der Waals surface area contributed by atoms with Crippen LogP contribution in [0.3, 0.4) is 0 Å². The normalized spacial score (nSPS) is 19.3. The van der Waals surface area contributed by atoms with E-state index >= 15 is 0 Å². The highest BCUT2D eigenvalue weighted by Gasteiger charge is 2.26. The van der Waals surface area contributed by atoms with Gasteiger partial charge in [0.15, 0.2) is 5.82 Å². The molecule has 0 atom stereocenters. The molecule has 0 bridgehead atoms. The third-order valence-corrected chi connectivity index (χ3v) is 5.11. The van der Waals surface area contributed by atoms with Crippen molar-refractivity contribution in [2.24, 2.45) is 5.92 Å². The molecule has 1 fully saturated rings. The number of carboxylic acid groups (broad SMARTS) is 1. The van der Waals surface area contributed by atoms with E-state index in [1.165, 1.54) is 6.33 Å². The van der Waals surface area contributed by atoms with Crippen molar-refractivity contribution in [3.8, 4) is 0 Å². The molecule has 3 aromatic rings. The van der Waals surface area contributed by atoms with Crippen LogP contribution in [0.1, 0.15) is 25.7 Å². The number of fused-ring (bicyclic) bond motifs is 1. The number of halogens is 1. The summed E-state index contributed by atoms with van der Waals surface area (Å²) in [7, 11) is 0. The molecule has 2 aromatic heterocycles. The van der Waals surface area contributed by atoms with Gasteiger partial charge in [-0.15, -0.1) is 0 Å². The predicted molar refractivity (Wildman–Crippen MR) is 107 cm³/mol. The third kappa shape index (κ3) is 4.12. The van der Waals surface area contributed by atoms with E-state index in [9.17, 15) is 4.79 Å². The molecule has 2 heterocycles. The number of aliphatic carboxylic acids is 1. The molecule has 1 aliphatic carbocycles. The van der Waals surface area contributed by atoms with Gasteiger partial charge in [-0.3, -0.25) is 4.79 Å². The maximum absolute atomic E-state index is 11.1. The Kier molecular flexibility index (Phi) is 5.21. The molecule has 8 nitrogen and oxygen atoms in total. The number of anilines is 3. The van der Waals surface area contributed by atoms with Gasteiger partial charge in [0.05, 0.1) is 12.1 Å². The van der Waals surface area contributed by atoms with Crippen LogP contribution in [-0.4, -0.2) is 37.1 Å². The molecule has 1 aliphatic rings. The van der Waals surface area contributed by atoms with Gasteiger partial charge >= 0.3 is 5.97 Å². The molecule has 144 valence electrons. The van der Waals surface area contributed by atoms with Gasteiger partial charge in [0, 0.05) is 16.8 Å². The maximum atomic E-state index is 11.1. The number of aromatic nitrogens is 4. The number of benzene rings is 1. The summed E-state index contributed by atoms with van der Waals surface area (Å²) in [6, 6.07) is 7.50. The summed E-state index contributed by atoms with van der Waals surface area (Å²) in [5, 5.41) is 16.3. The summed E-state index contributed by atoms with van der Waals surface area (Å²) in [4.78, 5) is 28.5. The highest BCUT2D eigenvalue weighted by atomic mass is 35.5. The van der Waals surface area contributed by atoms with Crippen molar-refractivity contribution in [2.75, 3.05) is 10.6 Å². The average molecular weight is 399 g/mol. The lowest BCUT2D eigenvalue weighted by Gasteiger charge is -2.26. The van der Waals surface area contributed by atoms with Gasteiger partial charge < -0.3 is 15.7 Å². The van der Waals surface area contributed by atoms with Crippen LogP contribution in [0.4, 0.5) is 17.5 Å². The minimum Gasteiger partial charge on any atom is -0.481 e. The zero-order valence-electron chi connectivity index (χ0n) is 15.0. The lowest BCUT2D eigenvalue weighted by molar-refractivity contribution is -0.142. The van der Waals surface area contributed by atoms with Crippen LogP contribution in [0.5, 0.6) is 0 Å². The molecule has 4 rings (SSSR count). The van der Waals surface area contributed by atoms with Gasteiger partial charge in [-0.1, -0.05) is 17.7 Å². The Balaban J connectivity index is 1.54. The number of hydrogen-bond donors (Lipinski definition) is 3. The summed E-state index contributed by atoms with van der Waals surface area (Å²) in [5.74, 6) is 0.0780. The Morgan fingerprint density at radius 2 is 1.96 bits per heavy atom. The molecule has 1 saturated carbocycles. The number of nitrogens with one attached hydrogen (secondary N) is 2. The van der Waals surface area contributed by atoms with Gasteiger partial charge in [0.1, 0.15) is 17.4 Å². The van der Waals surface area contributed by atoms with E-state index in [1.54, 1.807) is 18.3 Å². The highest BCUT2D eigenvalue weighted by molar-refractivity contribution is 6.30. The van der Waals surface area contributed by atoms with Crippen LogP contribution in [0.2, 0.25) is 5.02 Å². The Morgan fingerprint density at radius 1 is 1.14 bits per heavy atom. The van der Waals surface area contributed by atoms with E-state index in [1.807, 2.05) is 12.1 Å². The number of carboxylic acids is 1. The second-order valence-electron chi connectivity index (χ2n) is 6.82. The first-order chi connectivity index (χ1) is 13.6. The topological polar surface area (TPSA) is 113 Å².